The van der Waals surface area contributed by atoms with Gasteiger partial charge in [-0.25, -0.2) is 4.79 Å². The highest BCUT2D eigenvalue weighted by Crippen LogP contribution is 2.21. The van der Waals surface area contributed by atoms with Crippen LogP contribution in [0.5, 0.6) is 0 Å². The number of carbonyl (C=O) groups excluding carboxylic acids is 2. The average molecular weight is 574 g/mol. The summed E-state index contributed by atoms with van der Waals surface area (Å²) in [5, 5.41) is 31.0. The standard InChI is InChI=1S/C32H47NO8/c1-3-4-5-8-11-14-25(34)15-12-9-6-7-10-13-16-26(27(31(38)39)22-29(35)36)30(37)33-28(32(40)41)21-24-19-17-23(2)18-20-24/h13,16-20,26-28H,3-12,14-15,21-22H2,1-2H3,(H,33,37)(H,35,36)(H,38,39)(H,40,41)/b16-13+/t26-,27?,28-/m0/s1. The van der Waals surface area contributed by atoms with Crippen molar-refractivity contribution >= 4 is 29.6 Å². The summed E-state index contributed by atoms with van der Waals surface area (Å²) in [4.78, 5) is 60.2. The van der Waals surface area contributed by atoms with Gasteiger partial charge in [-0.1, -0.05) is 87.4 Å². The number of amides is 1. The van der Waals surface area contributed by atoms with Crippen LogP contribution in [0.15, 0.2) is 36.4 Å². The molecule has 0 aliphatic carbocycles. The molecular weight excluding hydrogens is 526 g/mol. The second-order valence-corrected chi connectivity index (χ2v) is 10.7. The minimum atomic E-state index is -1.55. The number of carboxylic acid groups (broad SMARTS) is 3. The van der Waals surface area contributed by atoms with E-state index in [1.807, 2.05) is 19.1 Å². The van der Waals surface area contributed by atoms with E-state index in [2.05, 4.69) is 12.2 Å². The Morgan fingerprint density at radius 1 is 0.805 bits per heavy atom. The summed E-state index contributed by atoms with van der Waals surface area (Å²) in [7, 11) is 0. The maximum absolute atomic E-state index is 13.1. The van der Waals surface area contributed by atoms with Gasteiger partial charge in [0.1, 0.15) is 11.8 Å². The summed E-state index contributed by atoms with van der Waals surface area (Å²) in [5.74, 6) is -7.53. The van der Waals surface area contributed by atoms with Crippen LogP contribution in [0, 0.1) is 18.8 Å². The van der Waals surface area contributed by atoms with Crippen LogP contribution in [0.3, 0.4) is 0 Å². The molecule has 1 amide bonds. The fourth-order valence-electron chi connectivity index (χ4n) is 4.62. The molecule has 1 aromatic carbocycles. The van der Waals surface area contributed by atoms with E-state index in [9.17, 15) is 39.3 Å². The number of unbranched alkanes of at least 4 members (excludes halogenated alkanes) is 8. The minimum absolute atomic E-state index is 0.00415. The number of benzene rings is 1. The fourth-order valence-corrected chi connectivity index (χ4v) is 4.62. The van der Waals surface area contributed by atoms with Gasteiger partial charge in [0.2, 0.25) is 5.91 Å². The van der Waals surface area contributed by atoms with Crippen molar-refractivity contribution in [3.63, 3.8) is 0 Å². The van der Waals surface area contributed by atoms with Gasteiger partial charge < -0.3 is 20.6 Å². The molecule has 0 aromatic heterocycles. The van der Waals surface area contributed by atoms with Crippen LogP contribution in [-0.2, 0) is 30.4 Å². The number of rotatable bonds is 23. The Kier molecular flexibility index (Phi) is 17.7. The number of carboxylic acids is 3. The number of aliphatic carboxylic acids is 3. The fraction of sp³-hybridized carbons (Fsp3) is 0.594. The number of Topliss-reactive ketones (excluding diaryl/α,β-unsaturated/α-hetero) is 1. The van der Waals surface area contributed by atoms with Gasteiger partial charge in [-0.15, -0.1) is 0 Å². The first kappa shape index (κ1) is 35.5. The van der Waals surface area contributed by atoms with E-state index in [4.69, 9.17) is 0 Å². The molecule has 0 spiro atoms. The molecule has 0 saturated carbocycles. The van der Waals surface area contributed by atoms with Gasteiger partial charge in [0.25, 0.3) is 0 Å². The number of hydrogen-bond donors (Lipinski definition) is 4. The first-order valence-electron chi connectivity index (χ1n) is 14.8. The molecule has 1 rings (SSSR count). The van der Waals surface area contributed by atoms with Gasteiger partial charge in [0.05, 0.1) is 18.3 Å². The molecule has 0 radical (unpaired) electrons. The number of nitrogens with one attached hydrogen (secondary N) is 1. The van der Waals surface area contributed by atoms with Crippen molar-refractivity contribution in [1.29, 1.82) is 0 Å². The molecule has 0 heterocycles. The lowest BCUT2D eigenvalue weighted by Crippen LogP contribution is -2.47. The van der Waals surface area contributed by atoms with Crippen molar-refractivity contribution in [3.05, 3.63) is 47.5 Å². The molecule has 1 unspecified atom stereocenters. The molecule has 1 aromatic rings. The minimum Gasteiger partial charge on any atom is -0.481 e. The highest BCUT2D eigenvalue weighted by molar-refractivity contribution is 5.91. The Morgan fingerprint density at radius 2 is 1.39 bits per heavy atom. The smallest absolute Gasteiger partial charge is 0.326 e. The quantitative estimate of drug-likeness (QED) is 0.0955. The summed E-state index contributed by atoms with van der Waals surface area (Å²) in [6.07, 6.45) is 13.0. The highest BCUT2D eigenvalue weighted by Gasteiger charge is 2.35. The zero-order valence-electron chi connectivity index (χ0n) is 24.5. The first-order valence-corrected chi connectivity index (χ1v) is 14.8. The molecular formula is C32H47NO8. The van der Waals surface area contributed by atoms with Gasteiger partial charge in [0, 0.05) is 19.3 Å². The van der Waals surface area contributed by atoms with Gasteiger partial charge in [-0.05, 0) is 38.2 Å². The second-order valence-electron chi connectivity index (χ2n) is 10.7. The van der Waals surface area contributed by atoms with E-state index in [0.29, 0.717) is 30.6 Å². The summed E-state index contributed by atoms with van der Waals surface area (Å²) < 4.78 is 0. The first-order chi connectivity index (χ1) is 19.5. The number of allylic oxidation sites excluding steroid dienone is 1. The van der Waals surface area contributed by atoms with E-state index in [-0.39, 0.29) is 6.42 Å². The molecule has 9 heteroatoms. The lowest BCUT2D eigenvalue weighted by atomic mass is 9.87. The van der Waals surface area contributed by atoms with Crippen molar-refractivity contribution in [2.75, 3.05) is 0 Å². The molecule has 4 N–H and O–H groups in total. The third-order valence-corrected chi connectivity index (χ3v) is 7.10. The van der Waals surface area contributed by atoms with Crippen LogP contribution >= 0.6 is 0 Å². The van der Waals surface area contributed by atoms with Crippen molar-refractivity contribution < 1.29 is 39.3 Å². The van der Waals surface area contributed by atoms with Crippen LogP contribution in [0.2, 0.25) is 0 Å². The van der Waals surface area contributed by atoms with Crippen molar-refractivity contribution in [2.45, 2.75) is 110 Å². The van der Waals surface area contributed by atoms with Crippen molar-refractivity contribution in [1.82, 2.24) is 5.32 Å². The third kappa shape index (κ3) is 15.8. The molecule has 228 valence electrons. The number of hydrogen-bond acceptors (Lipinski definition) is 5. The van der Waals surface area contributed by atoms with Crippen LogP contribution in [0.4, 0.5) is 0 Å². The molecule has 3 atom stereocenters. The van der Waals surface area contributed by atoms with Crippen molar-refractivity contribution in [3.8, 4) is 0 Å². The van der Waals surface area contributed by atoms with E-state index in [1.54, 1.807) is 18.2 Å². The maximum Gasteiger partial charge on any atom is 0.326 e. The number of aryl methyl sites for hydroxylation is 1. The normalized spacial score (nSPS) is 13.4. The van der Waals surface area contributed by atoms with Gasteiger partial charge >= 0.3 is 17.9 Å². The van der Waals surface area contributed by atoms with Gasteiger partial charge in [-0.3, -0.25) is 19.2 Å². The van der Waals surface area contributed by atoms with E-state index in [0.717, 1.165) is 44.1 Å². The molecule has 0 aliphatic rings. The molecule has 0 aliphatic heterocycles. The molecule has 9 nitrogen and oxygen atoms in total. The lowest BCUT2D eigenvalue weighted by Gasteiger charge is -2.22. The van der Waals surface area contributed by atoms with E-state index in [1.165, 1.54) is 25.3 Å². The Morgan fingerprint density at radius 3 is 1.93 bits per heavy atom. The average Bonchev–Trinajstić information content (AvgIpc) is 2.91. The molecule has 0 fully saturated rings. The second kappa shape index (κ2) is 20.4. The van der Waals surface area contributed by atoms with E-state index < -0.39 is 48.1 Å². The van der Waals surface area contributed by atoms with E-state index >= 15 is 0 Å². The molecule has 41 heavy (non-hydrogen) atoms. The zero-order chi connectivity index (χ0) is 30.6. The summed E-state index contributed by atoms with van der Waals surface area (Å²) in [6.45, 7) is 4.05. The molecule has 0 bridgehead atoms. The lowest BCUT2D eigenvalue weighted by molar-refractivity contribution is -0.152. The Bertz CT molecular complexity index is 1000. The Labute approximate surface area is 243 Å². The monoisotopic (exact) mass is 573 g/mol. The maximum atomic E-state index is 13.1. The van der Waals surface area contributed by atoms with Crippen LogP contribution in [-0.4, -0.2) is 51.0 Å². The van der Waals surface area contributed by atoms with Crippen LogP contribution < -0.4 is 5.32 Å². The zero-order valence-corrected chi connectivity index (χ0v) is 24.5. The largest absolute Gasteiger partial charge is 0.481 e. The van der Waals surface area contributed by atoms with Gasteiger partial charge in [0.15, 0.2) is 0 Å². The SMILES string of the molecule is CCCCCCCC(=O)CCCCCC/C=C/[C@H](C(=O)N[C@@H](Cc1ccc(C)cc1)C(=O)O)C(CC(=O)O)C(=O)O. The highest BCUT2D eigenvalue weighted by atomic mass is 16.4. The predicted octanol–water partition coefficient (Wildman–Crippen LogP) is 5.73. The summed E-state index contributed by atoms with van der Waals surface area (Å²) in [6, 6.07) is 5.85. The van der Waals surface area contributed by atoms with Gasteiger partial charge in [-0.2, -0.15) is 0 Å². The van der Waals surface area contributed by atoms with Crippen LogP contribution in [0.25, 0.3) is 0 Å². The van der Waals surface area contributed by atoms with Crippen LogP contribution in [0.1, 0.15) is 102 Å². The molecule has 0 saturated heterocycles. The third-order valence-electron chi connectivity index (χ3n) is 7.10. The summed E-state index contributed by atoms with van der Waals surface area (Å²) in [5.41, 5.74) is 1.68. The Hall–Kier alpha value is -3.49. The predicted molar refractivity (Wildman–Crippen MR) is 157 cm³/mol. The van der Waals surface area contributed by atoms with Crippen molar-refractivity contribution in [2.24, 2.45) is 11.8 Å². The Balaban J connectivity index is 2.68. The summed E-state index contributed by atoms with van der Waals surface area (Å²) >= 11 is 0. The number of ketones is 1. The topological polar surface area (TPSA) is 158 Å². The number of carbonyl (C=O) groups is 5.